The van der Waals surface area contributed by atoms with Gasteiger partial charge in [0.1, 0.15) is 17.8 Å². The number of nitrogens with zero attached hydrogens (tertiary/aromatic N) is 5. The zero-order valence-corrected chi connectivity index (χ0v) is 18.9. The predicted molar refractivity (Wildman–Crippen MR) is 124 cm³/mol. The lowest BCUT2D eigenvalue weighted by Gasteiger charge is -2.38. The number of nitrogens with two attached hydrogens (primary N) is 1. The van der Waals surface area contributed by atoms with Crippen LogP contribution in [0.25, 0.3) is 21.5 Å². The molecule has 1 aromatic carbocycles. The van der Waals surface area contributed by atoms with E-state index in [2.05, 4.69) is 20.0 Å². The number of amides is 1. The minimum absolute atomic E-state index is 0.0864. The minimum Gasteiger partial charge on any atom is -0.383 e. The highest BCUT2D eigenvalue weighted by atomic mass is 35.5. The average molecular weight is 469 g/mol. The summed E-state index contributed by atoms with van der Waals surface area (Å²) in [7, 11) is 0. The van der Waals surface area contributed by atoms with Gasteiger partial charge in [0, 0.05) is 31.1 Å². The number of benzene rings is 1. The Hall–Kier alpha value is -3.01. The lowest BCUT2D eigenvalue weighted by atomic mass is 10.1. The standard InChI is InChI=1S/C22H21ClN6O2S/c1-13-22(30)29(10-14-2-3-16-17(8-14)25-12-26-21(16)24)7-6-28(13)11-15-9-18(27-31-15)19-4-5-20(23)32-19/h2-5,8-9,12-13H,6-7,10-11H2,1H3,(H2,24,25,26)/t13-/m0/s1. The van der Waals surface area contributed by atoms with Gasteiger partial charge in [-0.2, -0.15) is 0 Å². The summed E-state index contributed by atoms with van der Waals surface area (Å²) in [6.07, 6.45) is 1.45. The van der Waals surface area contributed by atoms with Gasteiger partial charge in [0.15, 0.2) is 5.76 Å². The van der Waals surface area contributed by atoms with E-state index in [1.54, 1.807) is 0 Å². The molecule has 0 unspecified atom stereocenters. The number of halogens is 1. The van der Waals surface area contributed by atoms with E-state index in [0.717, 1.165) is 39.3 Å². The van der Waals surface area contributed by atoms with Gasteiger partial charge in [0.25, 0.3) is 0 Å². The Morgan fingerprint density at radius 2 is 2.06 bits per heavy atom. The number of nitrogen functional groups attached to an aromatic ring is 1. The van der Waals surface area contributed by atoms with Crippen molar-refractivity contribution in [2.75, 3.05) is 18.8 Å². The third-order valence-corrected chi connectivity index (χ3v) is 6.98. The minimum atomic E-state index is -0.257. The van der Waals surface area contributed by atoms with Gasteiger partial charge in [-0.3, -0.25) is 9.69 Å². The van der Waals surface area contributed by atoms with Crippen LogP contribution in [0.15, 0.2) is 47.2 Å². The Kier molecular flexibility index (Phi) is 5.54. The first kappa shape index (κ1) is 20.9. The number of anilines is 1. The first-order chi connectivity index (χ1) is 15.5. The van der Waals surface area contributed by atoms with Crippen LogP contribution in [0.1, 0.15) is 18.2 Å². The topological polar surface area (TPSA) is 101 Å². The van der Waals surface area contributed by atoms with Gasteiger partial charge in [-0.15, -0.1) is 11.3 Å². The number of fused-ring (bicyclic) bond motifs is 1. The monoisotopic (exact) mass is 468 g/mol. The number of aromatic nitrogens is 3. The average Bonchev–Trinajstić information content (AvgIpc) is 3.42. The predicted octanol–water partition coefficient (Wildman–Crippen LogP) is 3.81. The summed E-state index contributed by atoms with van der Waals surface area (Å²) in [6, 6.07) is 11.3. The second-order valence-electron chi connectivity index (χ2n) is 7.80. The van der Waals surface area contributed by atoms with Gasteiger partial charge in [-0.25, -0.2) is 9.97 Å². The van der Waals surface area contributed by atoms with Crippen LogP contribution in [0.4, 0.5) is 5.82 Å². The number of hydrogen-bond acceptors (Lipinski definition) is 8. The molecule has 0 radical (unpaired) electrons. The Labute approximate surface area is 193 Å². The maximum absolute atomic E-state index is 13.1. The zero-order chi connectivity index (χ0) is 22.2. The van der Waals surface area contributed by atoms with Crippen LogP contribution in [0.5, 0.6) is 0 Å². The van der Waals surface area contributed by atoms with Gasteiger partial charge < -0.3 is 15.2 Å². The number of carbonyl (C=O) groups is 1. The molecular weight excluding hydrogens is 448 g/mol. The SMILES string of the molecule is C[C@H]1C(=O)N(Cc2ccc3c(N)ncnc3c2)CCN1Cc1cc(-c2ccc(Cl)s2)no1. The maximum Gasteiger partial charge on any atom is 0.239 e. The normalized spacial score (nSPS) is 17.4. The molecule has 0 aliphatic carbocycles. The lowest BCUT2D eigenvalue weighted by molar-refractivity contribution is -0.142. The molecule has 1 aliphatic rings. The molecule has 10 heteroatoms. The van der Waals surface area contributed by atoms with E-state index in [9.17, 15) is 4.79 Å². The number of carbonyl (C=O) groups excluding carboxylic acids is 1. The molecular formula is C22H21ClN6O2S. The Morgan fingerprint density at radius 3 is 2.88 bits per heavy atom. The molecule has 0 saturated carbocycles. The number of piperazine rings is 1. The van der Waals surface area contributed by atoms with Crippen LogP contribution in [0, 0.1) is 0 Å². The molecule has 2 N–H and O–H groups in total. The highest BCUT2D eigenvalue weighted by molar-refractivity contribution is 7.19. The van der Waals surface area contributed by atoms with Gasteiger partial charge in [0.2, 0.25) is 5.91 Å². The van der Waals surface area contributed by atoms with E-state index < -0.39 is 0 Å². The second-order valence-corrected chi connectivity index (χ2v) is 9.51. The van der Waals surface area contributed by atoms with Crippen LogP contribution in [-0.4, -0.2) is 50.0 Å². The zero-order valence-electron chi connectivity index (χ0n) is 17.4. The summed E-state index contributed by atoms with van der Waals surface area (Å²) in [6.45, 7) is 4.37. The van der Waals surface area contributed by atoms with Crippen molar-refractivity contribution < 1.29 is 9.32 Å². The number of hydrogen-bond donors (Lipinski definition) is 1. The van der Waals surface area contributed by atoms with Crippen LogP contribution in [-0.2, 0) is 17.9 Å². The molecule has 1 fully saturated rings. The third-order valence-electron chi connectivity index (χ3n) is 5.72. The van der Waals surface area contributed by atoms with Crippen molar-refractivity contribution in [1.29, 1.82) is 0 Å². The van der Waals surface area contributed by atoms with Crippen LogP contribution < -0.4 is 5.73 Å². The van der Waals surface area contributed by atoms with Gasteiger partial charge >= 0.3 is 0 Å². The molecule has 164 valence electrons. The Balaban J connectivity index is 1.25. The first-order valence-corrected chi connectivity index (χ1v) is 11.4. The molecule has 1 atom stereocenters. The molecule has 0 spiro atoms. The van der Waals surface area contributed by atoms with E-state index in [-0.39, 0.29) is 11.9 Å². The fraction of sp³-hybridized carbons (Fsp3) is 0.273. The second kappa shape index (κ2) is 8.50. The molecule has 3 aromatic heterocycles. The highest BCUT2D eigenvalue weighted by Crippen LogP contribution is 2.31. The van der Waals surface area contributed by atoms with E-state index >= 15 is 0 Å². The summed E-state index contributed by atoms with van der Waals surface area (Å²) < 4.78 is 6.22. The van der Waals surface area contributed by atoms with Crippen molar-refractivity contribution in [1.82, 2.24) is 24.9 Å². The first-order valence-electron chi connectivity index (χ1n) is 10.2. The number of rotatable bonds is 5. The summed E-state index contributed by atoms with van der Waals surface area (Å²) in [5, 5.41) is 4.96. The molecule has 0 bridgehead atoms. The van der Waals surface area contributed by atoms with Crippen molar-refractivity contribution in [3.8, 4) is 10.6 Å². The largest absolute Gasteiger partial charge is 0.383 e. The quantitative estimate of drug-likeness (QED) is 0.475. The van der Waals surface area contributed by atoms with Crippen molar-refractivity contribution in [3.63, 3.8) is 0 Å². The summed E-state index contributed by atoms with van der Waals surface area (Å²) in [5.41, 5.74) is 8.46. The number of thiophene rings is 1. The molecule has 1 amide bonds. The molecule has 1 saturated heterocycles. The van der Waals surface area contributed by atoms with Crippen molar-refractivity contribution in [2.45, 2.75) is 26.1 Å². The highest BCUT2D eigenvalue weighted by Gasteiger charge is 2.32. The van der Waals surface area contributed by atoms with Gasteiger partial charge in [-0.05, 0) is 36.8 Å². The lowest BCUT2D eigenvalue weighted by Crippen LogP contribution is -2.54. The maximum atomic E-state index is 13.1. The van der Waals surface area contributed by atoms with E-state index in [1.807, 2.05) is 48.2 Å². The van der Waals surface area contributed by atoms with Crippen molar-refractivity contribution in [3.05, 3.63) is 58.4 Å². The smallest absolute Gasteiger partial charge is 0.239 e. The Morgan fingerprint density at radius 1 is 1.19 bits per heavy atom. The molecule has 5 rings (SSSR count). The molecule has 1 aliphatic heterocycles. The van der Waals surface area contributed by atoms with Crippen molar-refractivity contribution >= 4 is 45.6 Å². The summed E-state index contributed by atoms with van der Waals surface area (Å²) in [5.74, 6) is 1.27. The van der Waals surface area contributed by atoms with E-state index in [0.29, 0.717) is 29.8 Å². The van der Waals surface area contributed by atoms with E-state index in [4.69, 9.17) is 21.9 Å². The van der Waals surface area contributed by atoms with Crippen LogP contribution in [0.2, 0.25) is 4.34 Å². The summed E-state index contributed by atoms with van der Waals surface area (Å²) in [4.78, 5) is 26.3. The fourth-order valence-corrected chi connectivity index (χ4v) is 4.94. The summed E-state index contributed by atoms with van der Waals surface area (Å²) >= 11 is 7.47. The fourth-order valence-electron chi connectivity index (χ4n) is 3.94. The molecule has 32 heavy (non-hydrogen) atoms. The van der Waals surface area contributed by atoms with Gasteiger partial charge in [-0.1, -0.05) is 22.8 Å². The van der Waals surface area contributed by atoms with Crippen LogP contribution >= 0.6 is 22.9 Å². The van der Waals surface area contributed by atoms with Gasteiger partial charge in [0.05, 0.1) is 27.3 Å². The molecule has 8 nitrogen and oxygen atoms in total. The Bertz CT molecular complexity index is 1290. The van der Waals surface area contributed by atoms with Crippen LogP contribution in [0.3, 0.4) is 0 Å². The molecule has 4 aromatic rings. The third kappa shape index (κ3) is 4.06. The van der Waals surface area contributed by atoms with E-state index in [1.165, 1.54) is 17.7 Å². The van der Waals surface area contributed by atoms with Crippen molar-refractivity contribution in [2.24, 2.45) is 0 Å². The molecule has 4 heterocycles.